The molecule has 0 radical (unpaired) electrons. The molecule has 42 valence electrons. The smallest absolute Gasteiger partial charge is 0 e. The maximum Gasteiger partial charge on any atom is 0 e. The first-order chi connectivity index (χ1) is 0. The van der Waals surface area contributed by atoms with Gasteiger partial charge in [-0.2, -0.15) is 0 Å². The van der Waals surface area contributed by atoms with E-state index in [-0.39, 0.29) is 53.0 Å². The molecule has 0 saturated carbocycles. The summed E-state index contributed by atoms with van der Waals surface area (Å²) in [6, 6.07) is 0. The summed E-state index contributed by atoms with van der Waals surface area (Å²) in [6.45, 7) is 0. The van der Waals surface area contributed by atoms with E-state index >= 15 is 0 Å². The number of halogens is 1. The number of hydrogen-bond donors (Lipinski definition) is 0. The molecule has 0 aromatic heterocycles. The number of rotatable bonds is 0. The number of hydrogen-bond acceptors (Lipinski definition) is 0. The zero-order valence-corrected chi connectivity index (χ0v) is 5.04. The summed E-state index contributed by atoms with van der Waals surface area (Å²) >= 11 is 0. The molecule has 0 saturated heterocycles. The van der Waals surface area contributed by atoms with E-state index in [1.807, 2.05) is 0 Å². The third-order valence-electron chi connectivity index (χ3n) is 0. The van der Waals surface area contributed by atoms with Crippen LogP contribution >= 0.6 is 0 Å². The minimum absolute atomic E-state index is 0. The van der Waals surface area contributed by atoms with Crippen molar-refractivity contribution in [1.82, 2.24) is 0 Å². The summed E-state index contributed by atoms with van der Waals surface area (Å²) in [5, 5.41) is 0. The van der Waals surface area contributed by atoms with Gasteiger partial charge in [-0.05, 0) is 11.0 Å². The zero-order chi connectivity index (χ0) is 0. The summed E-state index contributed by atoms with van der Waals surface area (Å²) in [7, 11) is 0. The van der Waals surface area contributed by atoms with E-state index < -0.39 is 0 Å². The molecule has 4 heteroatoms. The Morgan fingerprint density at radius 2 is 1.00 bits per heavy atom. The van der Waals surface area contributed by atoms with Crippen molar-refractivity contribution in [3.05, 3.63) is 0 Å². The second kappa shape index (κ2) is 125. The van der Waals surface area contributed by atoms with Gasteiger partial charge in [-0.1, -0.05) is 0 Å². The van der Waals surface area contributed by atoms with Crippen molar-refractivity contribution in [2.24, 2.45) is 0 Å². The maximum atomic E-state index is 0. The van der Waals surface area contributed by atoms with Crippen LogP contribution in [-0.4, -0.2) is 11.0 Å². The molecule has 0 unspecified atom stereocenters. The molecule has 0 nitrogen and oxygen atoms in total. The Kier molecular flexibility index (Phi) is 10200. The van der Waals surface area contributed by atoms with Crippen LogP contribution in [0.2, 0.25) is 0 Å². The van der Waals surface area contributed by atoms with Gasteiger partial charge in [0.2, 0.25) is 0 Å². The first-order valence-electron chi connectivity index (χ1n) is 0. The molecule has 0 spiro atoms. The quantitative estimate of drug-likeness (QED) is 0.380. The van der Waals surface area contributed by atoms with Crippen LogP contribution in [0.4, 0.5) is 4.70 Å². The Balaban J connectivity index is 0. The van der Waals surface area contributed by atoms with Crippen molar-refractivity contribution in [2.75, 3.05) is 0 Å². The van der Waals surface area contributed by atoms with Crippen molar-refractivity contribution in [3.63, 3.8) is 0 Å². The van der Waals surface area contributed by atoms with Gasteiger partial charge in [-0.25, -0.2) is 0 Å². The predicted octanol–water partition coefficient (Wildman–Crippen LogP) is -1.30. The summed E-state index contributed by atoms with van der Waals surface area (Å²) in [4.78, 5) is 0. The van der Waals surface area contributed by atoms with E-state index in [1.165, 1.54) is 0 Å². The largest absolute Gasteiger partial charge is 0.269 e. The van der Waals surface area contributed by atoms with Crippen molar-refractivity contribution in [3.8, 4) is 0 Å². The molecule has 0 fully saturated rings. The van der Waals surface area contributed by atoms with Gasteiger partial charge in [-0.15, -0.1) is 0 Å². The summed E-state index contributed by atoms with van der Waals surface area (Å²) < 4.78 is 0. The van der Waals surface area contributed by atoms with Crippen molar-refractivity contribution < 1.29 is 42.0 Å². The molecule has 0 aromatic rings. The van der Waals surface area contributed by atoms with Crippen LogP contribution in [0.1, 0.15) is 0 Å². The first kappa shape index (κ1) is 327. The molecule has 0 N–H and O–H groups in total. The first-order valence-corrected chi connectivity index (χ1v) is 0. The Labute approximate surface area is 52.6 Å². The van der Waals surface area contributed by atoms with Crippen LogP contribution in [0.15, 0.2) is 0 Å². The van der Waals surface area contributed by atoms with Crippen LogP contribution in [0.5, 0.6) is 0 Å². The van der Waals surface area contributed by atoms with Gasteiger partial charge < -0.3 is 0 Å². The normalized spacial score (nSPS) is 0. The summed E-state index contributed by atoms with van der Waals surface area (Å²) in [6.07, 6.45) is 0. The molecule has 0 aliphatic carbocycles. The minimum atomic E-state index is 0. The van der Waals surface area contributed by atoms with E-state index in [0.29, 0.717) is 0 Å². The second-order valence-electron chi connectivity index (χ2n) is 0. The molecule has 4 heavy (non-hydrogen) atoms. The fourth-order valence-corrected chi connectivity index (χ4v) is 0. The standard InChI is InChI=1S/Er.FH.No.H4Si/h;1H;;1H4. The van der Waals surface area contributed by atoms with E-state index in [9.17, 15) is 0 Å². The fraction of sp³-hybridized carbons (Fsp3) is 0. The molecule has 0 aliphatic rings. The Morgan fingerprint density at radius 3 is 1.00 bits per heavy atom. The van der Waals surface area contributed by atoms with Crippen LogP contribution in [0, 0.1) is 37.3 Å². The van der Waals surface area contributed by atoms with Crippen LogP contribution in [-0.2, 0) is 0 Å². The van der Waals surface area contributed by atoms with Gasteiger partial charge >= 0.3 is 0 Å². The van der Waals surface area contributed by atoms with Crippen molar-refractivity contribution in [1.29, 1.82) is 0 Å². The van der Waals surface area contributed by atoms with Crippen LogP contribution < -0.4 is 0 Å². The molecule has 0 bridgehead atoms. The van der Waals surface area contributed by atoms with E-state index in [1.54, 1.807) is 0 Å². The van der Waals surface area contributed by atoms with Crippen LogP contribution in [0.25, 0.3) is 0 Å². The van der Waals surface area contributed by atoms with E-state index in [2.05, 4.69) is 0 Å². The maximum absolute atomic E-state index is 0. The Morgan fingerprint density at radius 1 is 1.00 bits per heavy atom. The second-order valence-corrected chi connectivity index (χ2v) is 0. The SMILES string of the molecule is F.[Er].[No].[SiH4]. The van der Waals surface area contributed by atoms with E-state index in [0.717, 1.165) is 0 Å². The van der Waals surface area contributed by atoms with Gasteiger partial charge in [0.1, 0.15) is 0 Å². The molecule has 0 aliphatic heterocycles. The Hall–Kier alpha value is 0.394. The molecule has 0 atom stereocenters. The molecular formula is H5ErFNoSi. The van der Waals surface area contributed by atoms with Gasteiger partial charge in [0.25, 0.3) is 0 Å². The van der Waals surface area contributed by atoms with Crippen molar-refractivity contribution in [2.45, 2.75) is 0 Å². The third-order valence-corrected chi connectivity index (χ3v) is 0. The minimum Gasteiger partial charge on any atom is -0.269 e. The average molecular weight is 478 g/mol. The van der Waals surface area contributed by atoms with Gasteiger partial charge in [0.05, 0.1) is 0 Å². The topological polar surface area (TPSA) is 0 Å². The predicted molar refractivity (Wildman–Crippen MR) is 13.8 cm³/mol. The average Bonchev–Trinajstić information content (AvgIpc) is 0. The summed E-state index contributed by atoms with van der Waals surface area (Å²) in [5.74, 6) is 0. The van der Waals surface area contributed by atoms with Gasteiger partial charge in [0.15, 0.2) is 0 Å². The molecule has 0 heterocycles. The summed E-state index contributed by atoms with van der Waals surface area (Å²) in [5.41, 5.74) is 0. The third kappa shape index (κ3) is 30.0. The molecular weight excluding hydrogens is 473 g/mol. The fourth-order valence-electron chi connectivity index (χ4n) is 0. The monoisotopic (exact) mass is 477 g/mol. The van der Waals surface area contributed by atoms with Gasteiger partial charge in [0, 0.05) is 37.3 Å². The molecule has 0 aromatic carbocycles. The Bertz CT molecular complexity index is 8.00. The zero-order valence-electron chi connectivity index (χ0n) is 0.964. The molecule has 0 rings (SSSR count). The van der Waals surface area contributed by atoms with Crippen LogP contribution in [0.3, 0.4) is 0 Å². The molecule has 0 amide bonds. The van der Waals surface area contributed by atoms with E-state index in [4.69, 9.17) is 0 Å². The van der Waals surface area contributed by atoms with Crippen molar-refractivity contribution >= 4 is 11.0 Å². The van der Waals surface area contributed by atoms with Gasteiger partial charge in [-0.3, -0.25) is 4.70 Å².